The van der Waals surface area contributed by atoms with E-state index >= 15 is 0 Å². The molecule has 1 aliphatic heterocycles. The molecule has 2 N–H and O–H groups in total. The number of rotatable bonds is 6. The van der Waals surface area contributed by atoms with Crippen LogP contribution in [0.3, 0.4) is 0 Å². The molecular formula is C26H26N2O3S. The third kappa shape index (κ3) is 3.80. The largest absolute Gasteiger partial charge is 0.496 e. The van der Waals surface area contributed by atoms with Gasteiger partial charge in [-0.2, -0.15) is 0 Å². The van der Waals surface area contributed by atoms with Crippen molar-refractivity contribution in [2.24, 2.45) is 5.92 Å². The predicted molar refractivity (Wildman–Crippen MR) is 126 cm³/mol. The fraction of sp³-hybridized carbons (Fsp3) is 0.231. The highest BCUT2D eigenvalue weighted by Crippen LogP contribution is 2.51. The quantitative estimate of drug-likeness (QED) is 0.523. The fourth-order valence-electron chi connectivity index (χ4n) is 4.83. The monoisotopic (exact) mass is 446 g/mol. The highest BCUT2D eigenvalue weighted by Gasteiger charge is 2.39. The molecule has 0 saturated carbocycles. The van der Waals surface area contributed by atoms with Gasteiger partial charge in [-0.05, 0) is 47.7 Å². The zero-order valence-electron chi connectivity index (χ0n) is 17.9. The van der Waals surface area contributed by atoms with Gasteiger partial charge in [-0.15, -0.1) is 0 Å². The summed E-state index contributed by atoms with van der Waals surface area (Å²) in [6.45, 7) is 0.264. The topological polar surface area (TPSA) is 67.4 Å². The minimum absolute atomic E-state index is 0.0947. The fourth-order valence-corrected chi connectivity index (χ4v) is 5.88. The van der Waals surface area contributed by atoms with Crippen LogP contribution in [0.15, 0.2) is 89.8 Å². The molecule has 0 bridgehead atoms. The summed E-state index contributed by atoms with van der Waals surface area (Å²) in [5, 5.41) is 3.66. The van der Waals surface area contributed by atoms with Crippen molar-refractivity contribution in [3.8, 4) is 5.75 Å². The van der Waals surface area contributed by atoms with Crippen LogP contribution >= 0.6 is 0 Å². The van der Waals surface area contributed by atoms with Gasteiger partial charge in [-0.3, -0.25) is 0 Å². The summed E-state index contributed by atoms with van der Waals surface area (Å²) in [4.78, 5) is 0.295. The maximum atomic E-state index is 13.0. The molecule has 0 fully saturated rings. The van der Waals surface area contributed by atoms with Crippen LogP contribution in [0.5, 0.6) is 5.75 Å². The second kappa shape index (κ2) is 8.45. The Hall–Kier alpha value is -3.09. The second-order valence-corrected chi connectivity index (χ2v) is 10.0. The Kier molecular flexibility index (Phi) is 5.49. The lowest BCUT2D eigenvalue weighted by Crippen LogP contribution is -2.30. The Morgan fingerprint density at radius 2 is 1.78 bits per heavy atom. The van der Waals surface area contributed by atoms with E-state index in [0.29, 0.717) is 10.8 Å². The van der Waals surface area contributed by atoms with Crippen LogP contribution in [0.2, 0.25) is 0 Å². The predicted octanol–water partition coefficient (Wildman–Crippen LogP) is 5.00. The normalized spacial score (nSPS) is 21.5. The number of hydrogen-bond acceptors (Lipinski definition) is 4. The molecule has 0 saturated heterocycles. The first-order valence-electron chi connectivity index (χ1n) is 10.8. The van der Waals surface area contributed by atoms with Crippen molar-refractivity contribution >= 4 is 15.7 Å². The minimum atomic E-state index is -3.62. The number of methoxy groups -OCH3 is 1. The lowest BCUT2D eigenvalue weighted by Gasteiger charge is -2.38. The molecule has 0 spiro atoms. The third-order valence-electron chi connectivity index (χ3n) is 6.43. The van der Waals surface area contributed by atoms with E-state index in [1.165, 1.54) is 0 Å². The molecule has 1 aliphatic carbocycles. The van der Waals surface area contributed by atoms with Crippen LogP contribution in [0, 0.1) is 5.92 Å². The Morgan fingerprint density at radius 3 is 2.59 bits per heavy atom. The summed E-state index contributed by atoms with van der Waals surface area (Å²) in [6.07, 6.45) is 5.34. The van der Waals surface area contributed by atoms with Crippen LogP contribution in [0.1, 0.15) is 35.1 Å². The molecule has 3 atom stereocenters. The van der Waals surface area contributed by atoms with Gasteiger partial charge in [-0.1, -0.05) is 60.7 Å². The van der Waals surface area contributed by atoms with Crippen molar-refractivity contribution in [3.05, 3.63) is 102 Å². The van der Waals surface area contributed by atoms with Crippen molar-refractivity contribution in [2.75, 3.05) is 12.4 Å². The first-order valence-corrected chi connectivity index (χ1v) is 12.3. The zero-order valence-corrected chi connectivity index (χ0v) is 18.7. The van der Waals surface area contributed by atoms with Gasteiger partial charge in [0, 0.05) is 23.7 Å². The maximum absolute atomic E-state index is 13.0. The van der Waals surface area contributed by atoms with Gasteiger partial charge >= 0.3 is 0 Å². The van der Waals surface area contributed by atoms with Gasteiger partial charge in [0.05, 0.1) is 18.0 Å². The average molecular weight is 447 g/mol. The standard InChI is InChI=1S/C26H26N2O3S/c1-31-25-13-6-5-10-22(25)26-21-12-7-11-20(21)23-16-19(14-15-24(23)28-26)32(29,30)27-17-18-8-3-2-4-9-18/h2-11,13-16,20-21,26-28H,12,17H2,1H3. The first-order chi connectivity index (χ1) is 15.6. The first kappa shape index (κ1) is 20.8. The zero-order chi connectivity index (χ0) is 22.1. The molecule has 3 aromatic rings. The Morgan fingerprint density at radius 1 is 1.00 bits per heavy atom. The number of allylic oxidation sites excluding steroid dienone is 2. The van der Waals surface area contributed by atoms with Gasteiger partial charge in [-0.25, -0.2) is 13.1 Å². The Labute approximate surface area is 189 Å². The van der Waals surface area contributed by atoms with E-state index in [1.54, 1.807) is 13.2 Å². The molecule has 1 heterocycles. The van der Waals surface area contributed by atoms with Crippen molar-refractivity contribution in [1.29, 1.82) is 0 Å². The Balaban J connectivity index is 1.45. The summed E-state index contributed by atoms with van der Waals surface area (Å²) in [6, 6.07) is 23.1. The molecule has 5 nitrogen and oxygen atoms in total. The van der Waals surface area contributed by atoms with E-state index in [-0.39, 0.29) is 18.5 Å². The number of benzene rings is 3. The molecule has 3 unspecified atom stereocenters. The molecule has 0 radical (unpaired) electrons. The van der Waals surface area contributed by atoms with E-state index in [0.717, 1.165) is 34.5 Å². The van der Waals surface area contributed by atoms with Crippen molar-refractivity contribution < 1.29 is 13.2 Å². The number of para-hydroxylation sites is 1. The number of sulfonamides is 1. The van der Waals surface area contributed by atoms with E-state index < -0.39 is 10.0 Å². The van der Waals surface area contributed by atoms with Gasteiger partial charge < -0.3 is 10.1 Å². The number of ether oxygens (including phenoxy) is 1. The molecular weight excluding hydrogens is 420 g/mol. The van der Waals surface area contributed by atoms with E-state index in [4.69, 9.17) is 4.74 Å². The van der Waals surface area contributed by atoms with Gasteiger partial charge in [0.15, 0.2) is 0 Å². The van der Waals surface area contributed by atoms with Crippen LogP contribution in [0.25, 0.3) is 0 Å². The molecule has 5 rings (SSSR count). The van der Waals surface area contributed by atoms with E-state index in [2.05, 4.69) is 28.3 Å². The average Bonchev–Trinajstić information content (AvgIpc) is 3.33. The number of anilines is 1. The number of hydrogen-bond donors (Lipinski definition) is 2. The molecule has 6 heteroatoms. The molecule has 0 aromatic heterocycles. The molecule has 3 aromatic carbocycles. The summed E-state index contributed by atoms with van der Waals surface area (Å²) in [5.74, 6) is 1.32. The van der Waals surface area contributed by atoms with Crippen molar-refractivity contribution in [3.63, 3.8) is 0 Å². The second-order valence-electron chi connectivity index (χ2n) is 8.28. The lowest BCUT2D eigenvalue weighted by molar-refractivity contribution is 0.381. The summed E-state index contributed by atoms with van der Waals surface area (Å²) in [7, 11) is -1.92. The summed E-state index contributed by atoms with van der Waals surface area (Å²) < 4.78 is 34.3. The van der Waals surface area contributed by atoms with Gasteiger partial charge in [0.25, 0.3) is 0 Å². The highest BCUT2D eigenvalue weighted by atomic mass is 32.2. The Bertz CT molecular complexity index is 1260. The molecule has 32 heavy (non-hydrogen) atoms. The maximum Gasteiger partial charge on any atom is 0.240 e. The highest BCUT2D eigenvalue weighted by molar-refractivity contribution is 7.89. The van der Waals surface area contributed by atoms with Gasteiger partial charge in [0.2, 0.25) is 10.0 Å². The van der Waals surface area contributed by atoms with Crippen molar-refractivity contribution in [1.82, 2.24) is 4.72 Å². The third-order valence-corrected chi connectivity index (χ3v) is 7.83. The van der Waals surface area contributed by atoms with Crippen molar-refractivity contribution in [2.45, 2.75) is 29.8 Å². The van der Waals surface area contributed by atoms with Crippen LogP contribution in [-0.2, 0) is 16.6 Å². The van der Waals surface area contributed by atoms with Crippen LogP contribution in [-0.4, -0.2) is 15.5 Å². The SMILES string of the molecule is COc1ccccc1C1Nc2ccc(S(=O)(=O)NCc3ccccc3)cc2C2C=CCC21. The minimum Gasteiger partial charge on any atom is -0.496 e. The molecule has 0 amide bonds. The van der Waals surface area contributed by atoms with E-state index in [1.807, 2.05) is 60.7 Å². The summed E-state index contributed by atoms with van der Waals surface area (Å²) in [5.41, 5.74) is 4.04. The van der Waals surface area contributed by atoms with E-state index in [9.17, 15) is 8.42 Å². The summed E-state index contributed by atoms with van der Waals surface area (Å²) >= 11 is 0. The number of fused-ring (bicyclic) bond motifs is 3. The van der Waals surface area contributed by atoms with Crippen LogP contribution in [0.4, 0.5) is 5.69 Å². The molecule has 164 valence electrons. The van der Waals surface area contributed by atoms with Gasteiger partial charge in [0.1, 0.15) is 5.75 Å². The number of nitrogens with one attached hydrogen (secondary N) is 2. The van der Waals surface area contributed by atoms with Crippen LogP contribution < -0.4 is 14.8 Å². The lowest BCUT2D eigenvalue weighted by atomic mass is 9.77. The molecule has 2 aliphatic rings. The smallest absolute Gasteiger partial charge is 0.240 e.